The third-order valence-electron chi connectivity index (χ3n) is 3.86. The van der Waals surface area contributed by atoms with E-state index in [1.165, 1.54) is 0 Å². The molecule has 5 nitrogen and oxygen atoms in total. The van der Waals surface area contributed by atoms with Crippen molar-refractivity contribution in [2.45, 2.75) is 39.2 Å². The molecular weight excluding hydrogens is 352 g/mol. The van der Waals surface area contributed by atoms with E-state index in [4.69, 9.17) is 16.7 Å². The summed E-state index contributed by atoms with van der Waals surface area (Å²) in [5, 5.41) is 15.4. The van der Waals surface area contributed by atoms with Gasteiger partial charge in [0.15, 0.2) is 0 Å². The van der Waals surface area contributed by atoms with E-state index in [1.807, 2.05) is 50.2 Å². The Morgan fingerprint density at radius 3 is 2.65 bits per heavy atom. The topological polar surface area (TPSA) is 78.4 Å². The first kappa shape index (κ1) is 19.8. The summed E-state index contributed by atoms with van der Waals surface area (Å²) in [6, 6.07) is 13.0. The van der Waals surface area contributed by atoms with E-state index in [2.05, 4.69) is 10.6 Å². The average molecular weight is 375 g/mol. The molecule has 138 valence electrons. The Hall–Kier alpha value is -2.53. The lowest BCUT2D eigenvalue weighted by molar-refractivity contribution is -0.137. The van der Waals surface area contributed by atoms with E-state index < -0.39 is 5.97 Å². The van der Waals surface area contributed by atoms with Crippen LogP contribution in [0.15, 0.2) is 42.5 Å². The molecule has 0 heterocycles. The van der Waals surface area contributed by atoms with E-state index in [9.17, 15) is 9.59 Å². The molecule has 0 radical (unpaired) electrons. The molecule has 26 heavy (non-hydrogen) atoms. The molecule has 0 aromatic heterocycles. The molecule has 0 aliphatic carbocycles. The molecule has 6 heteroatoms. The van der Waals surface area contributed by atoms with Crippen LogP contribution in [0.25, 0.3) is 0 Å². The van der Waals surface area contributed by atoms with Crippen molar-refractivity contribution in [1.82, 2.24) is 0 Å². The highest BCUT2D eigenvalue weighted by Crippen LogP contribution is 2.23. The fraction of sp³-hybridized carbons (Fsp3) is 0.300. The zero-order chi connectivity index (χ0) is 19.1. The number of nitrogens with one attached hydrogen (secondary N) is 2. The number of hydrogen-bond donors (Lipinski definition) is 3. The van der Waals surface area contributed by atoms with E-state index in [0.29, 0.717) is 17.1 Å². The number of benzene rings is 2. The molecule has 3 N–H and O–H groups in total. The second-order valence-electron chi connectivity index (χ2n) is 6.38. The van der Waals surface area contributed by atoms with Crippen molar-refractivity contribution in [2.24, 2.45) is 0 Å². The predicted molar refractivity (Wildman–Crippen MR) is 105 cm³/mol. The molecular formula is C20H23ClN2O3. The second kappa shape index (κ2) is 9.25. The first-order valence-electron chi connectivity index (χ1n) is 8.47. The Kier molecular flexibility index (Phi) is 7.04. The first-order chi connectivity index (χ1) is 12.3. The van der Waals surface area contributed by atoms with E-state index in [-0.39, 0.29) is 24.8 Å². The summed E-state index contributed by atoms with van der Waals surface area (Å²) in [5.41, 5.74) is 3.44. The summed E-state index contributed by atoms with van der Waals surface area (Å²) in [4.78, 5) is 22.9. The number of carbonyl (C=O) groups is 2. The molecule has 2 rings (SSSR count). The van der Waals surface area contributed by atoms with Gasteiger partial charge in [-0.1, -0.05) is 29.8 Å². The highest BCUT2D eigenvalue weighted by Gasteiger charge is 2.11. The Morgan fingerprint density at radius 2 is 1.96 bits per heavy atom. The van der Waals surface area contributed by atoms with Gasteiger partial charge in [0.2, 0.25) is 5.91 Å². The molecule has 0 fully saturated rings. The van der Waals surface area contributed by atoms with E-state index in [1.54, 1.807) is 6.07 Å². The van der Waals surface area contributed by atoms with Crippen molar-refractivity contribution in [2.75, 3.05) is 10.6 Å². The number of carbonyl (C=O) groups excluding carboxylic acids is 1. The highest BCUT2D eigenvalue weighted by molar-refractivity contribution is 6.33. The minimum absolute atomic E-state index is 0.0889. The van der Waals surface area contributed by atoms with Crippen molar-refractivity contribution in [3.05, 3.63) is 58.6 Å². The third-order valence-corrected chi connectivity index (χ3v) is 4.17. The fourth-order valence-electron chi connectivity index (χ4n) is 2.60. The minimum atomic E-state index is -0.817. The van der Waals surface area contributed by atoms with Crippen LogP contribution in [0.2, 0.25) is 5.02 Å². The third kappa shape index (κ3) is 6.41. The zero-order valence-electron chi connectivity index (χ0n) is 14.9. The molecule has 1 unspecified atom stereocenters. The van der Waals surface area contributed by atoms with Gasteiger partial charge in [-0.25, -0.2) is 0 Å². The molecule has 2 aromatic rings. The summed E-state index contributed by atoms with van der Waals surface area (Å²) < 4.78 is 0. The molecule has 0 saturated carbocycles. The van der Waals surface area contributed by atoms with Gasteiger partial charge in [0.1, 0.15) is 0 Å². The van der Waals surface area contributed by atoms with Crippen LogP contribution in [0, 0.1) is 6.92 Å². The maximum Gasteiger partial charge on any atom is 0.303 e. The van der Waals surface area contributed by atoms with Crippen molar-refractivity contribution in [3.8, 4) is 0 Å². The number of halogens is 1. The van der Waals surface area contributed by atoms with Gasteiger partial charge in [-0.2, -0.15) is 0 Å². The number of anilines is 2. The smallest absolute Gasteiger partial charge is 0.303 e. The Bertz CT molecular complexity index is 792. The summed E-state index contributed by atoms with van der Waals surface area (Å²) in [6.45, 7) is 3.86. The van der Waals surface area contributed by atoms with Gasteiger partial charge in [-0.05, 0) is 55.7 Å². The van der Waals surface area contributed by atoms with Crippen molar-refractivity contribution < 1.29 is 14.7 Å². The van der Waals surface area contributed by atoms with Gasteiger partial charge in [0, 0.05) is 24.6 Å². The minimum Gasteiger partial charge on any atom is -0.481 e. The van der Waals surface area contributed by atoms with Gasteiger partial charge < -0.3 is 15.7 Å². The van der Waals surface area contributed by atoms with Gasteiger partial charge in [0.25, 0.3) is 0 Å². The molecule has 0 spiro atoms. The van der Waals surface area contributed by atoms with Crippen LogP contribution in [-0.2, 0) is 16.0 Å². The molecule has 0 bridgehead atoms. The van der Waals surface area contributed by atoms with Crippen molar-refractivity contribution in [1.29, 1.82) is 0 Å². The largest absolute Gasteiger partial charge is 0.481 e. The van der Waals surface area contributed by atoms with Gasteiger partial charge in [-0.15, -0.1) is 0 Å². The number of aryl methyl sites for hydroxylation is 2. The summed E-state index contributed by atoms with van der Waals surface area (Å²) >= 11 is 6.14. The Labute approximate surface area is 158 Å². The van der Waals surface area contributed by atoms with Crippen LogP contribution < -0.4 is 10.6 Å². The summed E-state index contributed by atoms with van der Waals surface area (Å²) in [7, 11) is 0. The Morgan fingerprint density at radius 1 is 1.19 bits per heavy atom. The molecule has 1 amide bonds. The van der Waals surface area contributed by atoms with Gasteiger partial charge >= 0.3 is 5.97 Å². The number of aliphatic carboxylic acids is 1. The normalized spacial score (nSPS) is 11.7. The van der Waals surface area contributed by atoms with Gasteiger partial charge in [-0.3, -0.25) is 9.59 Å². The lowest BCUT2D eigenvalue weighted by Gasteiger charge is -2.16. The van der Waals surface area contributed by atoms with Crippen molar-refractivity contribution >= 4 is 34.9 Å². The SMILES string of the molecule is Cc1ccc(NC(=O)CC(C)Nc2cccc(CCC(=O)O)c2)c(Cl)c1. The summed E-state index contributed by atoms with van der Waals surface area (Å²) in [5.74, 6) is -0.944. The standard InChI is InChI=1S/C20H23ClN2O3/c1-13-6-8-18(17(21)10-13)23-19(24)11-14(2)22-16-5-3-4-15(12-16)7-9-20(25)26/h3-6,8,10,12,14,22H,7,9,11H2,1-2H3,(H,23,24)(H,25,26). The number of amides is 1. The monoisotopic (exact) mass is 374 g/mol. The predicted octanol–water partition coefficient (Wildman–Crippen LogP) is 4.49. The fourth-order valence-corrected chi connectivity index (χ4v) is 2.89. The van der Waals surface area contributed by atoms with Crippen LogP contribution in [0.1, 0.15) is 30.9 Å². The highest BCUT2D eigenvalue weighted by atomic mass is 35.5. The van der Waals surface area contributed by atoms with Crippen LogP contribution in [-0.4, -0.2) is 23.0 Å². The number of carboxylic acid groups (broad SMARTS) is 1. The first-order valence-corrected chi connectivity index (χ1v) is 8.84. The summed E-state index contributed by atoms with van der Waals surface area (Å²) in [6.07, 6.45) is 0.855. The number of carboxylic acids is 1. The number of rotatable bonds is 8. The quantitative estimate of drug-likeness (QED) is 0.635. The average Bonchev–Trinajstić information content (AvgIpc) is 2.55. The van der Waals surface area contributed by atoms with Crippen LogP contribution in [0.5, 0.6) is 0 Å². The molecule has 2 aromatic carbocycles. The lowest BCUT2D eigenvalue weighted by Crippen LogP contribution is -2.24. The molecule has 0 aliphatic heterocycles. The molecule has 0 aliphatic rings. The maximum atomic E-state index is 12.2. The van der Waals surface area contributed by atoms with Crippen LogP contribution >= 0.6 is 11.6 Å². The second-order valence-corrected chi connectivity index (χ2v) is 6.78. The lowest BCUT2D eigenvalue weighted by atomic mass is 10.1. The molecule has 1 atom stereocenters. The molecule has 0 saturated heterocycles. The van der Waals surface area contributed by atoms with Crippen LogP contribution in [0.4, 0.5) is 11.4 Å². The van der Waals surface area contributed by atoms with E-state index >= 15 is 0 Å². The Balaban J connectivity index is 1.89. The zero-order valence-corrected chi connectivity index (χ0v) is 15.6. The van der Waals surface area contributed by atoms with Crippen LogP contribution in [0.3, 0.4) is 0 Å². The van der Waals surface area contributed by atoms with Crippen molar-refractivity contribution in [3.63, 3.8) is 0 Å². The van der Waals surface area contributed by atoms with Gasteiger partial charge in [0.05, 0.1) is 10.7 Å². The van der Waals surface area contributed by atoms with E-state index in [0.717, 1.165) is 16.8 Å². The maximum absolute atomic E-state index is 12.2. The number of hydrogen-bond acceptors (Lipinski definition) is 3.